The fraction of sp³-hybridized carbons (Fsp3) is 0.538. The van der Waals surface area contributed by atoms with Crippen molar-refractivity contribution in [1.29, 1.82) is 5.26 Å². The van der Waals surface area contributed by atoms with E-state index in [0.29, 0.717) is 11.1 Å². The molecule has 9 heteroatoms. The molecule has 1 saturated carbocycles. The van der Waals surface area contributed by atoms with Gasteiger partial charge in [-0.2, -0.15) is 17.9 Å². The van der Waals surface area contributed by atoms with Gasteiger partial charge in [0.1, 0.15) is 24.2 Å². The van der Waals surface area contributed by atoms with E-state index in [9.17, 15) is 19.6 Å². The van der Waals surface area contributed by atoms with Gasteiger partial charge in [-0.05, 0) is 51.3 Å². The number of hydrogen-bond donors (Lipinski definition) is 3. The number of carbonyl (C=O) groups excluding carboxylic acids is 3. The molecule has 1 aliphatic carbocycles. The Morgan fingerprint density at radius 1 is 1.20 bits per heavy atom. The van der Waals surface area contributed by atoms with Gasteiger partial charge in [0.05, 0.1) is 6.07 Å². The Bertz CT molecular complexity index is 969. The highest BCUT2D eigenvalue weighted by Crippen LogP contribution is 2.25. The number of alkyl carbamates (subject to hydrolysis) is 1. The molecule has 0 radical (unpaired) electrons. The van der Waals surface area contributed by atoms with Crippen LogP contribution in [0, 0.1) is 23.7 Å². The topological polar surface area (TPSA) is 112 Å². The molecule has 1 fully saturated rings. The molecule has 2 N–H and O–H groups in total. The maximum atomic E-state index is 13.5. The van der Waals surface area contributed by atoms with Crippen LogP contribution in [0.4, 0.5) is 4.79 Å². The number of amides is 3. The number of benzene rings is 1. The van der Waals surface area contributed by atoms with Crippen LogP contribution in [0.25, 0.3) is 0 Å². The van der Waals surface area contributed by atoms with Crippen molar-refractivity contribution in [3.05, 3.63) is 35.4 Å². The molecular formula is C26H34N4O4S. The minimum atomic E-state index is -1.10. The number of nitrogens with one attached hydrogen (secondary N) is 2. The molecule has 2 atom stereocenters. The second-order valence-corrected chi connectivity index (χ2v) is 9.88. The van der Waals surface area contributed by atoms with E-state index >= 15 is 0 Å². The van der Waals surface area contributed by atoms with Gasteiger partial charge in [0.2, 0.25) is 11.8 Å². The summed E-state index contributed by atoms with van der Waals surface area (Å²) in [4.78, 5) is 40.6. The van der Waals surface area contributed by atoms with Gasteiger partial charge in [0.15, 0.2) is 0 Å². The van der Waals surface area contributed by atoms with E-state index in [-0.39, 0.29) is 24.2 Å². The Balaban J connectivity index is 2.38. The smallest absolute Gasteiger partial charge is 0.408 e. The van der Waals surface area contributed by atoms with Crippen LogP contribution in [0.2, 0.25) is 0 Å². The van der Waals surface area contributed by atoms with Crippen molar-refractivity contribution in [3.63, 3.8) is 0 Å². The van der Waals surface area contributed by atoms with Crippen molar-refractivity contribution in [2.75, 3.05) is 12.3 Å². The molecule has 1 aliphatic rings. The Morgan fingerprint density at radius 2 is 1.83 bits per heavy atom. The van der Waals surface area contributed by atoms with Gasteiger partial charge < -0.3 is 20.3 Å². The molecule has 188 valence electrons. The van der Waals surface area contributed by atoms with Crippen molar-refractivity contribution in [2.24, 2.45) is 0 Å². The molecule has 1 aromatic carbocycles. The molecule has 2 unspecified atom stereocenters. The highest BCUT2D eigenvalue weighted by Gasteiger charge is 2.36. The first-order valence-electron chi connectivity index (χ1n) is 11.7. The van der Waals surface area contributed by atoms with E-state index < -0.39 is 29.7 Å². The lowest BCUT2D eigenvalue weighted by Gasteiger charge is -2.34. The predicted octanol–water partition coefficient (Wildman–Crippen LogP) is 3.33. The normalized spacial score (nSPS) is 15.6. The number of hydrogen-bond acceptors (Lipinski definition) is 6. The van der Waals surface area contributed by atoms with Crippen LogP contribution in [0.5, 0.6) is 0 Å². The van der Waals surface area contributed by atoms with Gasteiger partial charge in [0.25, 0.3) is 0 Å². The summed E-state index contributed by atoms with van der Waals surface area (Å²) in [5, 5.41) is 15.1. The second-order valence-electron chi connectivity index (χ2n) is 9.52. The van der Waals surface area contributed by atoms with E-state index in [1.54, 1.807) is 45.0 Å². The molecule has 2 rings (SSSR count). The average Bonchev–Trinajstić information content (AvgIpc) is 2.81. The number of carbonyl (C=O) groups is 3. The van der Waals surface area contributed by atoms with Gasteiger partial charge in [-0.15, -0.1) is 6.42 Å². The summed E-state index contributed by atoms with van der Waals surface area (Å²) in [6.45, 7) is 4.76. The Hall–Kier alpha value is -3.17. The van der Waals surface area contributed by atoms with Crippen LogP contribution < -0.4 is 10.6 Å². The van der Waals surface area contributed by atoms with Crippen LogP contribution in [0.15, 0.2) is 24.3 Å². The second kappa shape index (κ2) is 13.1. The van der Waals surface area contributed by atoms with Gasteiger partial charge >= 0.3 is 6.09 Å². The largest absolute Gasteiger partial charge is 0.444 e. The van der Waals surface area contributed by atoms with Gasteiger partial charge in [-0.3, -0.25) is 9.59 Å². The number of thiol groups is 1. The van der Waals surface area contributed by atoms with Crippen LogP contribution >= 0.6 is 12.6 Å². The zero-order valence-electron chi connectivity index (χ0n) is 20.5. The zero-order chi connectivity index (χ0) is 26.0. The van der Waals surface area contributed by atoms with E-state index in [4.69, 9.17) is 11.2 Å². The molecule has 0 aromatic heterocycles. The molecule has 0 saturated heterocycles. The molecule has 35 heavy (non-hydrogen) atoms. The maximum Gasteiger partial charge on any atom is 0.408 e. The van der Waals surface area contributed by atoms with E-state index in [1.807, 2.05) is 6.07 Å². The lowest BCUT2D eigenvalue weighted by Crippen LogP contribution is -2.54. The molecule has 0 heterocycles. The van der Waals surface area contributed by atoms with Gasteiger partial charge in [-0.25, -0.2) is 4.79 Å². The standard InChI is InChI=1S/C26H34N4O4S/c1-5-18-11-13-19(14-12-18)22(23(31)28-20-9-7-6-8-10-20)30(16-15-27)24(32)21(17-35)29-25(33)34-26(2,3)4/h1,11-14,20-22,35H,6-10,16-17H2,2-4H3,(H,28,31)(H,29,33). The van der Waals surface area contributed by atoms with E-state index in [2.05, 4.69) is 29.2 Å². The average molecular weight is 499 g/mol. The summed E-state index contributed by atoms with van der Waals surface area (Å²) < 4.78 is 5.26. The molecule has 0 spiro atoms. The van der Waals surface area contributed by atoms with Crippen LogP contribution in [0.3, 0.4) is 0 Å². The van der Waals surface area contributed by atoms with Crippen LogP contribution in [0.1, 0.15) is 70.0 Å². The van der Waals surface area contributed by atoms with Gasteiger partial charge in [0, 0.05) is 17.4 Å². The summed E-state index contributed by atoms with van der Waals surface area (Å²) in [5.41, 5.74) is 0.371. The third kappa shape index (κ3) is 8.52. The summed E-state index contributed by atoms with van der Waals surface area (Å²) >= 11 is 4.22. The van der Waals surface area contributed by atoms with Crippen molar-refractivity contribution >= 4 is 30.5 Å². The Morgan fingerprint density at radius 3 is 2.34 bits per heavy atom. The minimum Gasteiger partial charge on any atom is -0.444 e. The monoisotopic (exact) mass is 498 g/mol. The fourth-order valence-electron chi connectivity index (χ4n) is 3.97. The zero-order valence-corrected chi connectivity index (χ0v) is 21.4. The maximum absolute atomic E-state index is 13.5. The lowest BCUT2D eigenvalue weighted by atomic mass is 9.94. The first-order chi connectivity index (χ1) is 16.6. The summed E-state index contributed by atoms with van der Waals surface area (Å²) in [7, 11) is 0. The third-order valence-corrected chi connectivity index (χ3v) is 5.97. The van der Waals surface area contributed by atoms with E-state index in [0.717, 1.165) is 32.1 Å². The van der Waals surface area contributed by atoms with Crippen molar-refractivity contribution in [2.45, 2.75) is 76.6 Å². The number of rotatable bonds is 8. The minimum absolute atomic E-state index is 0.00309. The number of ether oxygens (including phenoxy) is 1. The third-order valence-electron chi connectivity index (χ3n) is 5.60. The summed E-state index contributed by atoms with van der Waals surface area (Å²) in [5.74, 6) is 1.48. The number of nitriles is 1. The first kappa shape index (κ1) is 28.1. The highest BCUT2D eigenvalue weighted by molar-refractivity contribution is 7.80. The molecule has 8 nitrogen and oxygen atoms in total. The molecule has 0 bridgehead atoms. The van der Waals surface area contributed by atoms with Crippen LogP contribution in [-0.4, -0.2) is 52.8 Å². The lowest BCUT2D eigenvalue weighted by molar-refractivity contribution is -0.141. The van der Waals surface area contributed by atoms with Gasteiger partial charge in [-0.1, -0.05) is 37.3 Å². The van der Waals surface area contributed by atoms with Crippen molar-refractivity contribution in [1.82, 2.24) is 15.5 Å². The quantitative estimate of drug-likeness (QED) is 0.289. The van der Waals surface area contributed by atoms with Crippen molar-refractivity contribution in [3.8, 4) is 18.4 Å². The summed E-state index contributed by atoms with van der Waals surface area (Å²) in [6.07, 6.45) is 9.57. The molecule has 0 aliphatic heterocycles. The Labute approximate surface area is 213 Å². The Kier molecular flexibility index (Phi) is 10.5. The fourth-order valence-corrected chi connectivity index (χ4v) is 4.22. The molecule has 1 aromatic rings. The number of terminal acetylenes is 1. The summed E-state index contributed by atoms with van der Waals surface area (Å²) in [6, 6.07) is 6.51. The molecule has 3 amide bonds. The first-order valence-corrected chi connectivity index (χ1v) is 12.4. The SMILES string of the molecule is C#Cc1ccc(C(C(=O)NC2CCCCC2)N(CC#N)C(=O)C(CS)NC(=O)OC(C)(C)C)cc1. The predicted molar refractivity (Wildman–Crippen MR) is 136 cm³/mol. The van der Waals surface area contributed by atoms with E-state index in [1.165, 1.54) is 4.90 Å². The van der Waals surface area contributed by atoms with Crippen LogP contribution in [-0.2, 0) is 14.3 Å². The molecular weight excluding hydrogens is 464 g/mol. The van der Waals surface area contributed by atoms with Crippen molar-refractivity contribution < 1.29 is 19.1 Å². The highest BCUT2D eigenvalue weighted by atomic mass is 32.1. The number of nitrogens with zero attached hydrogens (tertiary/aromatic N) is 2.